The van der Waals surface area contributed by atoms with E-state index >= 15 is 0 Å². The maximum Gasteiger partial charge on any atom is 0.396 e. The summed E-state index contributed by atoms with van der Waals surface area (Å²) in [5, 5.41) is 11.4. The normalized spacial score (nSPS) is 13.6. The molecule has 2 rings (SSSR count). The SMILES string of the molecule is CC(Cc1ccc(NC(=O)CC(c2ccccc2)C(F)(F)F)cc1)C(=O)O. The first kappa shape index (κ1) is 20.5. The molecule has 0 heterocycles. The second-order valence-electron chi connectivity index (χ2n) is 6.40. The van der Waals surface area contributed by atoms with Gasteiger partial charge in [0.25, 0.3) is 0 Å². The van der Waals surface area contributed by atoms with Gasteiger partial charge in [0.05, 0.1) is 11.8 Å². The lowest BCUT2D eigenvalue weighted by molar-refractivity contribution is -0.156. The van der Waals surface area contributed by atoms with Gasteiger partial charge in [-0.15, -0.1) is 0 Å². The first-order valence-electron chi connectivity index (χ1n) is 8.40. The Balaban J connectivity index is 2.02. The Morgan fingerprint density at radius 2 is 1.63 bits per heavy atom. The minimum absolute atomic E-state index is 0.0400. The van der Waals surface area contributed by atoms with Crippen LogP contribution in [0.3, 0.4) is 0 Å². The number of halogens is 3. The number of rotatable bonds is 7. The third-order valence-corrected chi connectivity index (χ3v) is 4.19. The van der Waals surface area contributed by atoms with E-state index in [-0.39, 0.29) is 5.56 Å². The summed E-state index contributed by atoms with van der Waals surface area (Å²) in [4.78, 5) is 23.0. The standard InChI is InChI=1S/C20H20F3NO3/c1-13(19(26)27)11-14-7-9-16(10-8-14)24-18(25)12-17(20(21,22)23)15-5-3-2-4-6-15/h2-10,13,17H,11-12H2,1H3,(H,24,25)(H,26,27). The number of aliphatic carboxylic acids is 1. The molecule has 7 heteroatoms. The maximum atomic E-state index is 13.3. The molecule has 0 aliphatic rings. The van der Waals surface area contributed by atoms with E-state index < -0.39 is 36.3 Å². The molecule has 2 unspecified atom stereocenters. The van der Waals surface area contributed by atoms with Gasteiger partial charge in [0.15, 0.2) is 0 Å². The molecule has 0 aliphatic heterocycles. The monoisotopic (exact) mass is 379 g/mol. The minimum atomic E-state index is -4.53. The van der Waals surface area contributed by atoms with Gasteiger partial charge in [-0.25, -0.2) is 0 Å². The van der Waals surface area contributed by atoms with Gasteiger partial charge < -0.3 is 10.4 Å². The fraction of sp³-hybridized carbons (Fsp3) is 0.300. The largest absolute Gasteiger partial charge is 0.481 e. The van der Waals surface area contributed by atoms with E-state index in [2.05, 4.69) is 5.32 Å². The van der Waals surface area contributed by atoms with E-state index in [0.29, 0.717) is 12.1 Å². The van der Waals surface area contributed by atoms with E-state index in [1.807, 2.05) is 0 Å². The minimum Gasteiger partial charge on any atom is -0.481 e. The lowest BCUT2D eigenvalue weighted by Crippen LogP contribution is -2.26. The van der Waals surface area contributed by atoms with Gasteiger partial charge in [-0.05, 0) is 29.7 Å². The zero-order valence-corrected chi connectivity index (χ0v) is 14.7. The second-order valence-corrected chi connectivity index (χ2v) is 6.40. The van der Waals surface area contributed by atoms with Gasteiger partial charge in [0.1, 0.15) is 0 Å². The Hall–Kier alpha value is -2.83. The lowest BCUT2D eigenvalue weighted by Gasteiger charge is -2.20. The van der Waals surface area contributed by atoms with E-state index in [0.717, 1.165) is 5.56 Å². The van der Waals surface area contributed by atoms with Crippen LogP contribution in [-0.2, 0) is 16.0 Å². The van der Waals surface area contributed by atoms with E-state index in [1.54, 1.807) is 37.3 Å². The molecule has 2 N–H and O–H groups in total. The fourth-order valence-electron chi connectivity index (χ4n) is 2.67. The molecule has 27 heavy (non-hydrogen) atoms. The van der Waals surface area contributed by atoms with Crippen molar-refractivity contribution in [3.63, 3.8) is 0 Å². The van der Waals surface area contributed by atoms with Crippen LogP contribution in [0.1, 0.15) is 30.4 Å². The number of carboxylic acids is 1. The lowest BCUT2D eigenvalue weighted by atomic mass is 9.94. The number of carboxylic acid groups (broad SMARTS) is 1. The Kier molecular flexibility index (Phi) is 6.60. The highest BCUT2D eigenvalue weighted by atomic mass is 19.4. The number of amides is 1. The quantitative estimate of drug-likeness (QED) is 0.737. The van der Waals surface area contributed by atoms with Crippen LogP contribution in [0.5, 0.6) is 0 Å². The maximum absolute atomic E-state index is 13.3. The number of nitrogens with one attached hydrogen (secondary N) is 1. The molecular weight excluding hydrogens is 359 g/mol. The molecule has 0 saturated carbocycles. The van der Waals surface area contributed by atoms with Crippen molar-refractivity contribution in [3.05, 3.63) is 65.7 Å². The average molecular weight is 379 g/mol. The number of hydrogen-bond acceptors (Lipinski definition) is 2. The second kappa shape index (κ2) is 8.70. The summed E-state index contributed by atoms with van der Waals surface area (Å²) in [5.41, 5.74) is 1.17. The van der Waals surface area contributed by atoms with E-state index in [4.69, 9.17) is 5.11 Å². The molecule has 2 aromatic rings. The van der Waals surface area contributed by atoms with Crippen molar-refractivity contribution in [2.45, 2.75) is 31.9 Å². The number of hydrogen-bond donors (Lipinski definition) is 2. The van der Waals surface area contributed by atoms with Gasteiger partial charge >= 0.3 is 12.1 Å². The van der Waals surface area contributed by atoms with Crippen LogP contribution in [-0.4, -0.2) is 23.2 Å². The van der Waals surface area contributed by atoms with Gasteiger partial charge in [-0.2, -0.15) is 13.2 Å². The zero-order valence-electron chi connectivity index (χ0n) is 14.7. The van der Waals surface area contributed by atoms with Crippen molar-refractivity contribution in [2.24, 2.45) is 5.92 Å². The summed E-state index contributed by atoms with van der Waals surface area (Å²) in [5.74, 6) is -4.09. The molecule has 4 nitrogen and oxygen atoms in total. The van der Waals surface area contributed by atoms with Crippen LogP contribution in [0.25, 0.3) is 0 Å². The van der Waals surface area contributed by atoms with Crippen molar-refractivity contribution in [3.8, 4) is 0 Å². The van der Waals surface area contributed by atoms with Crippen LogP contribution in [0.2, 0.25) is 0 Å². The van der Waals surface area contributed by atoms with Crippen LogP contribution < -0.4 is 5.32 Å². The number of anilines is 1. The highest BCUT2D eigenvalue weighted by molar-refractivity contribution is 5.91. The number of alkyl halides is 3. The third kappa shape index (κ3) is 6.13. The molecule has 144 valence electrons. The Labute approximate surface area is 155 Å². The first-order valence-corrected chi connectivity index (χ1v) is 8.40. The number of benzene rings is 2. The fourth-order valence-corrected chi connectivity index (χ4v) is 2.67. The highest BCUT2D eigenvalue weighted by Crippen LogP contribution is 2.37. The predicted octanol–water partition coefficient (Wildman–Crippen LogP) is 4.62. The zero-order chi connectivity index (χ0) is 20.0. The van der Waals surface area contributed by atoms with Crippen molar-refractivity contribution in [1.82, 2.24) is 0 Å². The van der Waals surface area contributed by atoms with Crippen molar-refractivity contribution in [1.29, 1.82) is 0 Å². The summed E-state index contributed by atoms with van der Waals surface area (Å²) in [6.07, 6.45) is -4.92. The molecule has 0 fully saturated rings. The van der Waals surface area contributed by atoms with E-state index in [9.17, 15) is 22.8 Å². The molecule has 1 amide bonds. The summed E-state index contributed by atoms with van der Waals surface area (Å²) in [6, 6.07) is 13.7. The summed E-state index contributed by atoms with van der Waals surface area (Å²) >= 11 is 0. The van der Waals surface area contributed by atoms with Crippen LogP contribution in [0, 0.1) is 5.92 Å². The Bertz CT molecular complexity index is 773. The smallest absolute Gasteiger partial charge is 0.396 e. The van der Waals surface area contributed by atoms with Gasteiger partial charge in [-0.3, -0.25) is 9.59 Å². The van der Waals surface area contributed by atoms with Crippen LogP contribution in [0.15, 0.2) is 54.6 Å². The van der Waals surface area contributed by atoms with Crippen molar-refractivity contribution in [2.75, 3.05) is 5.32 Å². The number of carbonyl (C=O) groups is 2. The Morgan fingerprint density at radius 1 is 1.04 bits per heavy atom. The molecule has 0 radical (unpaired) electrons. The van der Waals surface area contributed by atoms with E-state index in [1.165, 1.54) is 24.3 Å². The topological polar surface area (TPSA) is 66.4 Å². The predicted molar refractivity (Wildman–Crippen MR) is 95.4 cm³/mol. The molecular formula is C20H20F3NO3. The first-order chi connectivity index (χ1) is 12.7. The van der Waals surface area contributed by atoms with Gasteiger partial charge in [0, 0.05) is 12.1 Å². The molecule has 0 spiro atoms. The molecule has 2 atom stereocenters. The van der Waals surface area contributed by atoms with Crippen molar-refractivity contribution >= 4 is 17.6 Å². The van der Waals surface area contributed by atoms with Gasteiger partial charge in [0.2, 0.25) is 5.91 Å². The Morgan fingerprint density at radius 3 is 2.15 bits per heavy atom. The van der Waals surface area contributed by atoms with Gasteiger partial charge in [-0.1, -0.05) is 49.4 Å². The highest BCUT2D eigenvalue weighted by Gasteiger charge is 2.41. The molecule has 0 bridgehead atoms. The molecule has 0 aromatic heterocycles. The molecule has 2 aromatic carbocycles. The summed E-state index contributed by atoms with van der Waals surface area (Å²) in [7, 11) is 0. The van der Waals surface area contributed by atoms with Crippen LogP contribution >= 0.6 is 0 Å². The molecule has 0 aliphatic carbocycles. The molecule has 0 saturated heterocycles. The van der Waals surface area contributed by atoms with Crippen LogP contribution in [0.4, 0.5) is 18.9 Å². The number of carbonyl (C=O) groups excluding carboxylic acids is 1. The average Bonchev–Trinajstić information content (AvgIpc) is 2.61. The van der Waals surface area contributed by atoms with Crippen molar-refractivity contribution < 1.29 is 27.9 Å². The summed E-state index contributed by atoms with van der Waals surface area (Å²) in [6.45, 7) is 1.58. The summed E-state index contributed by atoms with van der Waals surface area (Å²) < 4.78 is 39.9. The third-order valence-electron chi connectivity index (χ3n) is 4.19.